The minimum atomic E-state index is -0.281. The summed E-state index contributed by atoms with van der Waals surface area (Å²) < 4.78 is 10.7. The molecule has 0 aliphatic carbocycles. The van der Waals surface area contributed by atoms with E-state index in [9.17, 15) is 9.59 Å². The Balaban J connectivity index is 1.48. The monoisotopic (exact) mass is 369 g/mol. The number of ether oxygens (including phenoxy) is 2. The maximum absolute atomic E-state index is 12.4. The van der Waals surface area contributed by atoms with Crippen LogP contribution in [0.3, 0.4) is 0 Å². The molecule has 0 saturated carbocycles. The Morgan fingerprint density at radius 3 is 2.44 bits per heavy atom. The highest BCUT2D eigenvalue weighted by Gasteiger charge is 2.20. The number of aromatic nitrogens is 1. The molecular formula is C20H23N3O4. The smallest absolute Gasteiger partial charge is 0.255 e. The standard InChI is InChI=1S/C20H23N3O4/c1-26-17-4-6-18(7-5-17)27-11-8-22-19(24)15-12-16(14-21-13-15)20(25)23-9-2-3-10-23/h4-7,12-14H,2-3,8-11H2,1H3,(H,22,24). The molecule has 1 aliphatic rings. The van der Waals surface area contributed by atoms with Crippen molar-refractivity contribution in [2.75, 3.05) is 33.4 Å². The van der Waals surface area contributed by atoms with Gasteiger partial charge in [0.25, 0.3) is 11.8 Å². The quantitative estimate of drug-likeness (QED) is 0.757. The zero-order valence-corrected chi connectivity index (χ0v) is 15.3. The Kier molecular flexibility index (Phi) is 6.25. The third-order valence-corrected chi connectivity index (χ3v) is 4.36. The second-order valence-corrected chi connectivity index (χ2v) is 6.24. The molecular weight excluding hydrogens is 346 g/mol. The van der Waals surface area contributed by atoms with Crippen molar-refractivity contribution in [2.45, 2.75) is 12.8 Å². The molecule has 0 spiro atoms. The first-order chi connectivity index (χ1) is 13.2. The number of amides is 2. The van der Waals surface area contributed by atoms with Crippen molar-refractivity contribution in [3.63, 3.8) is 0 Å². The van der Waals surface area contributed by atoms with Crippen LogP contribution in [0.4, 0.5) is 0 Å². The highest BCUT2D eigenvalue weighted by atomic mass is 16.5. The summed E-state index contributed by atoms with van der Waals surface area (Å²) in [5, 5.41) is 2.77. The largest absolute Gasteiger partial charge is 0.497 e. The van der Waals surface area contributed by atoms with E-state index in [2.05, 4.69) is 10.3 Å². The molecule has 1 aromatic heterocycles. The summed E-state index contributed by atoms with van der Waals surface area (Å²) in [6.45, 7) is 2.20. The van der Waals surface area contributed by atoms with Gasteiger partial charge < -0.3 is 19.7 Å². The second kappa shape index (κ2) is 9.02. The van der Waals surface area contributed by atoms with E-state index in [1.54, 1.807) is 30.2 Å². The predicted octanol–water partition coefficient (Wildman–Crippen LogP) is 2.13. The minimum absolute atomic E-state index is 0.0718. The van der Waals surface area contributed by atoms with Crippen LogP contribution in [0.2, 0.25) is 0 Å². The Morgan fingerprint density at radius 1 is 1.07 bits per heavy atom. The first-order valence-corrected chi connectivity index (χ1v) is 8.97. The lowest BCUT2D eigenvalue weighted by Gasteiger charge is -2.15. The third-order valence-electron chi connectivity index (χ3n) is 4.36. The van der Waals surface area contributed by atoms with E-state index in [0.717, 1.165) is 31.7 Å². The Labute approximate surface area is 158 Å². The molecule has 0 atom stereocenters. The van der Waals surface area contributed by atoms with Gasteiger partial charge in [-0.15, -0.1) is 0 Å². The van der Waals surface area contributed by atoms with Gasteiger partial charge in [-0.2, -0.15) is 0 Å². The molecule has 0 unspecified atom stereocenters. The van der Waals surface area contributed by atoms with E-state index in [1.807, 2.05) is 12.1 Å². The van der Waals surface area contributed by atoms with Crippen LogP contribution in [0.5, 0.6) is 11.5 Å². The molecule has 1 fully saturated rings. The molecule has 27 heavy (non-hydrogen) atoms. The lowest BCUT2D eigenvalue weighted by atomic mass is 10.2. The Hall–Kier alpha value is -3.09. The minimum Gasteiger partial charge on any atom is -0.497 e. The van der Waals surface area contributed by atoms with Crippen molar-refractivity contribution in [3.8, 4) is 11.5 Å². The number of benzene rings is 1. The number of hydrogen-bond acceptors (Lipinski definition) is 5. The number of carbonyl (C=O) groups is 2. The molecule has 2 heterocycles. The van der Waals surface area contributed by atoms with E-state index in [-0.39, 0.29) is 11.8 Å². The van der Waals surface area contributed by atoms with Crippen molar-refractivity contribution in [2.24, 2.45) is 0 Å². The Bertz CT molecular complexity index is 786. The summed E-state index contributed by atoms with van der Waals surface area (Å²) in [5.74, 6) is 1.10. The van der Waals surface area contributed by atoms with Crippen LogP contribution in [0, 0.1) is 0 Å². The molecule has 1 aromatic carbocycles. The second-order valence-electron chi connectivity index (χ2n) is 6.24. The number of pyridine rings is 1. The average molecular weight is 369 g/mol. The van der Waals surface area contributed by atoms with Crippen molar-refractivity contribution >= 4 is 11.8 Å². The van der Waals surface area contributed by atoms with Crippen LogP contribution in [0.15, 0.2) is 42.7 Å². The summed E-state index contributed by atoms with van der Waals surface area (Å²) in [6.07, 6.45) is 5.01. The van der Waals surface area contributed by atoms with Gasteiger partial charge in [-0.3, -0.25) is 14.6 Å². The molecule has 2 amide bonds. The van der Waals surface area contributed by atoms with Gasteiger partial charge in [-0.25, -0.2) is 0 Å². The highest BCUT2D eigenvalue weighted by Crippen LogP contribution is 2.17. The van der Waals surface area contributed by atoms with Crippen LogP contribution in [0.25, 0.3) is 0 Å². The molecule has 7 heteroatoms. The van der Waals surface area contributed by atoms with E-state index in [1.165, 1.54) is 12.4 Å². The molecule has 2 aromatic rings. The number of rotatable bonds is 7. The lowest BCUT2D eigenvalue weighted by molar-refractivity contribution is 0.0792. The molecule has 0 radical (unpaired) electrons. The first-order valence-electron chi connectivity index (χ1n) is 8.97. The number of nitrogens with one attached hydrogen (secondary N) is 1. The van der Waals surface area contributed by atoms with E-state index >= 15 is 0 Å². The third kappa shape index (κ3) is 4.97. The predicted molar refractivity (Wildman–Crippen MR) is 100 cm³/mol. The van der Waals surface area contributed by atoms with E-state index in [0.29, 0.717) is 30.0 Å². The van der Waals surface area contributed by atoms with Crippen LogP contribution < -0.4 is 14.8 Å². The van der Waals surface area contributed by atoms with Crippen LogP contribution >= 0.6 is 0 Å². The van der Waals surface area contributed by atoms with E-state index in [4.69, 9.17) is 9.47 Å². The maximum Gasteiger partial charge on any atom is 0.255 e. The van der Waals surface area contributed by atoms with Crippen LogP contribution in [-0.4, -0.2) is 55.0 Å². The van der Waals surface area contributed by atoms with Gasteiger partial charge in [-0.05, 0) is 43.2 Å². The molecule has 1 N–H and O–H groups in total. The summed E-state index contributed by atoms with van der Waals surface area (Å²) in [4.78, 5) is 30.5. The lowest BCUT2D eigenvalue weighted by Crippen LogP contribution is -2.30. The average Bonchev–Trinajstić information content (AvgIpc) is 3.26. The number of methoxy groups -OCH3 is 1. The van der Waals surface area contributed by atoms with Gasteiger partial charge in [-0.1, -0.05) is 0 Å². The van der Waals surface area contributed by atoms with Crippen LogP contribution in [-0.2, 0) is 0 Å². The van der Waals surface area contributed by atoms with Gasteiger partial charge in [0, 0.05) is 25.5 Å². The fourth-order valence-corrected chi connectivity index (χ4v) is 2.89. The van der Waals surface area contributed by atoms with Crippen LogP contribution in [0.1, 0.15) is 33.6 Å². The SMILES string of the molecule is COc1ccc(OCCNC(=O)c2cncc(C(=O)N3CCCC3)c2)cc1. The van der Waals surface area contributed by atoms with Gasteiger partial charge >= 0.3 is 0 Å². The van der Waals surface area contributed by atoms with Gasteiger partial charge in [0.05, 0.1) is 24.8 Å². The number of likely N-dealkylation sites (tertiary alicyclic amines) is 1. The first kappa shape index (κ1) is 18.7. The maximum atomic E-state index is 12.4. The fourth-order valence-electron chi connectivity index (χ4n) is 2.89. The van der Waals surface area contributed by atoms with Crippen molar-refractivity contribution < 1.29 is 19.1 Å². The summed E-state index contributed by atoms with van der Waals surface area (Å²) >= 11 is 0. The topological polar surface area (TPSA) is 80.8 Å². The normalized spacial score (nSPS) is 13.3. The molecule has 1 saturated heterocycles. The highest BCUT2D eigenvalue weighted by molar-refractivity contribution is 5.99. The number of hydrogen-bond donors (Lipinski definition) is 1. The Morgan fingerprint density at radius 2 is 1.74 bits per heavy atom. The zero-order chi connectivity index (χ0) is 19.1. The zero-order valence-electron chi connectivity index (χ0n) is 15.3. The molecule has 1 aliphatic heterocycles. The summed E-state index contributed by atoms with van der Waals surface area (Å²) in [6, 6.07) is 8.81. The van der Waals surface area contributed by atoms with Crippen molar-refractivity contribution in [1.82, 2.24) is 15.2 Å². The van der Waals surface area contributed by atoms with E-state index < -0.39 is 0 Å². The van der Waals surface area contributed by atoms with Crippen molar-refractivity contribution in [3.05, 3.63) is 53.9 Å². The van der Waals surface area contributed by atoms with Gasteiger partial charge in [0.1, 0.15) is 18.1 Å². The molecule has 7 nitrogen and oxygen atoms in total. The van der Waals surface area contributed by atoms with Crippen molar-refractivity contribution in [1.29, 1.82) is 0 Å². The van der Waals surface area contributed by atoms with Gasteiger partial charge in [0.2, 0.25) is 0 Å². The number of nitrogens with zero attached hydrogens (tertiary/aromatic N) is 2. The molecule has 142 valence electrons. The van der Waals surface area contributed by atoms with Gasteiger partial charge in [0.15, 0.2) is 0 Å². The summed E-state index contributed by atoms with van der Waals surface area (Å²) in [7, 11) is 1.61. The molecule has 3 rings (SSSR count). The molecule has 0 bridgehead atoms. The summed E-state index contributed by atoms with van der Waals surface area (Å²) in [5.41, 5.74) is 0.809. The number of carbonyl (C=O) groups excluding carboxylic acids is 2. The fraction of sp³-hybridized carbons (Fsp3) is 0.350.